The Hall–Kier alpha value is -1.30. The third kappa shape index (κ3) is 5.12. The molecule has 2 aromatic carbocycles. The monoisotopic (exact) mass is 394 g/mol. The van der Waals surface area contributed by atoms with Crippen LogP contribution < -0.4 is 10.1 Å². The van der Waals surface area contributed by atoms with Crippen molar-refractivity contribution in [3.63, 3.8) is 0 Å². The second kappa shape index (κ2) is 8.59. The van der Waals surface area contributed by atoms with Gasteiger partial charge in [-0.15, -0.1) is 0 Å². The van der Waals surface area contributed by atoms with E-state index in [9.17, 15) is 5.11 Å². The molecule has 1 heterocycles. The molecule has 26 heavy (non-hydrogen) atoms. The number of nitrogens with zero attached hydrogens (tertiary/aromatic N) is 1. The number of hydrogen-bond acceptors (Lipinski definition) is 4. The Morgan fingerprint density at radius 3 is 2.46 bits per heavy atom. The van der Waals surface area contributed by atoms with E-state index in [4.69, 9.17) is 27.9 Å². The predicted octanol–water partition coefficient (Wildman–Crippen LogP) is 4.29. The van der Waals surface area contributed by atoms with Crippen LogP contribution in [0.25, 0.3) is 0 Å². The smallest absolute Gasteiger partial charge is 0.146 e. The fraction of sp³-hybridized carbons (Fsp3) is 0.400. The van der Waals surface area contributed by atoms with E-state index < -0.39 is 5.60 Å². The summed E-state index contributed by atoms with van der Waals surface area (Å²) in [6, 6.07) is 12.6. The van der Waals surface area contributed by atoms with Crippen LogP contribution in [0.1, 0.15) is 18.9 Å². The normalized spacial score (nSPS) is 17.7. The van der Waals surface area contributed by atoms with Gasteiger partial charge in [0.2, 0.25) is 0 Å². The number of nitrogens with one attached hydrogen (secondary N) is 1. The van der Waals surface area contributed by atoms with Crippen LogP contribution in [-0.4, -0.2) is 42.7 Å². The summed E-state index contributed by atoms with van der Waals surface area (Å²) in [6.45, 7) is 6.84. The van der Waals surface area contributed by atoms with Crippen molar-refractivity contribution in [2.24, 2.45) is 0 Å². The minimum absolute atomic E-state index is 0.463. The van der Waals surface area contributed by atoms with Crippen molar-refractivity contribution in [2.75, 3.05) is 32.7 Å². The number of hydrogen-bond donors (Lipinski definition) is 2. The summed E-state index contributed by atoms with van der Waals surface area (Å²) in [5, 5.41) is 15.2. The van der Waals surface area contributed by atoms with Gasteiger partial charge >= 0.3 is 0 Å². The number of halogens is 2. The zero-order chi connectivity index (χ0) is 18.6. The lowest BCUT2D eigenvalue weighted by molar-refractivity contribution is 0.0345. The van der Waals surface area contributed by atoms with Gasteiger partial charge in [-0.25, -0.2) is 0 Å². The average molecular weight is 395 g/mol. The summed E-state index contributed by atoms with van der Waals surface area (Å²) in [7, 11) is 0. The molecule has 0 amide bonds. The van der Waals surface area contributed by atoms with Gasteiger partial charge in [-0.2, -0.15) is 0 Å². The maximum Gasteiger partial charge on any atom is 0.146 e. The van der Waals surface area contributed by atoms with E-state index in [1.807, 2.05) is 31.2 Å². The molecule has 6 heteroatoms. The van der Waals surface area contributed by atoms with Crippen LogP contribution in [0.3, 0.4) is 0 Å². The summed E-state index contributed by atoms with van der Waals surface area (Å²) >= 11 is 12.0. The number of piperazine rings is 1. The van der Waals surface area contributed by atoms with Crippen molar-refractivity contribution >= 4 is 23.2 Å². The van der Waals surface area contributed by atoms with E-state index >= 15 is 0 Å². The summed E-state index contributed by atoms with van der Waals surface area (Å²) in [6.07, 6.45) is 0.691. The molecule has 1 unspecified atom stereocenters. The molecule has 2 aromatic rings. The molecule has 0 spiro atoms. The minimum atomic E-state index is -0.874. The first-order valence-electron chi connectivity index (χ1n) is 8.83. The van der Waals surface area contributed by atoms with Gasteiger partial charge in [0.05, 0.1) is 10.6 Å². The molecule has 0 aliphatic carbocycles. The topological polar surface area (TPSA) is 44.7 Å². The Labute approximate surface area is 164 Å². The van der Waals surface area contributed by atoms with Crippen LogP contribution in [0.4, 0.5) is 0 Å². The molecule has 0 saturated carbocycles. The molecule has 1 fully saturated rings. The van der Waals surface area contributed by atoms with Gasteiger partial charge < -0.3 is 20.1 Å². The largest absolute Gasteiger partial charge is 0.456 e. The van der Waals surface area contributed by atoms with Crippen LogP contribution in [0.2, 0.25) is 10.0 Å². The van der Waals surface area contributed by atoms with Crippen molar-refractivity contribution in [3.8, 4) is 11.5 Å². The van der Waals surface area contributed by atoms with E-state index in [0.29, 0.717) is 28.0 Å². The van der Waals surface area contributed by atoms with Crippen LogP contribution in [0, 0.1) is 0 Å². The molecule has 1 aliphatic rings. The molecular weight excluding hydrogens is 371 g/mol. The van der Waals surface area contributed by atoms with Crippen molar-refractivity contribution < 1.29 is 9.84 Å². The molecule has 2 N–H and O–H groups in total. The zero-order valence-corrected chi connectivity index (χ0v) is 16.4. The first kappa shape index (κ1) is 19.5. The Bertz CT molecular complexity index is 729. The van der Waals surface area contributed by atoms with E-state index in [2.05, 4.69) is 10.2 Å². The molecule has 0 bridgehead atoms. The van der Waals surface area contributed by atoms with Gasteiger partial charge in [0, 0.05) is 37.7 Å². The maximum absolute atomic E-state index is 10.9. The van der Waals surface area contributed by atoms with E-state index in [0.717, 1.165) is 38.3 Å². The molecule has 1 atom stereocenters. The summed E-state index contributed by atoms with van der Waals surface area (Å²) in [4.78, 5) is 2.38. The van der Waals surface area contributed by atoms with Crippen LogP contribution in [-0.2, 0) is 5.60 Å². The van der Waals surface area contributed by atoms with Crippen molar-refractivity contribution in [3.05, 3.63) is 58.1 Å². The fourth-order valence-corrected chi connectivity index (χ4v) is 3.47. The Morgan fingerprint density at radius 2 is 1.81 bits per heavy atom. The Morgan fingerprint density at radius 1 is 1.12 bits per heavy atom. The quantitative estimate of drug-likeness (QED) is 0.766. The molecular formula is C20H24Cl2N2O2. The third-order valence-electron chi connectivity index (χ3n) is 4.72. The average Bonchev–Trinajstić information content (AvgIpc) is 2.64. The molecule has 0 radical (unpaired) electrons. The van der Waals surface area contributed by atoms with E-state index in [1.54, 1.807) is 18.2 Å². The summed E-state index contributed by atoms with van der Waals surface area (Å²) in [5.41, 5.74) is 0.00334. The zero-order valence-electron chi connectivity index (χ0n) is 14.8. The number of benzene rings is 2. The minimum Gasteiger partial charge on any atom is -0.456 e. The predicted molar refractivity (Wildman–Crippen MR) is 106 cm³/mol. The summed E-state index contributed by atoms with van der Waals surface area (Å²) < 4.78 is 5.80. The molecule has 0 aromatic heterocycles. The number of rotatable bonds is 6. The molecule has 4 nitrogen and oxygen atoms in total. The first-order valence-corrected chi connectivity index (χ1v) is 9.58. The first-order chi connectivity index (χ1) is 12.4. The van der Waals surface area contributed by atoms with Crippen molar-refractivity contribution in [1.82, 2.24) is 10.2 Å². The number of ether oxygens (including phenoxy) is 1. The van der Waals surface area contributed by atoms with Crippen LogP contribution in [0.5, 0.6) is 11.5 Å². The second-order valence-corrected chi connectivity index (χ2v) is 7.66. The molecule has 1 saturated heterocycles. The van der Waals surface area contributed by atoms with Crippen LogP contribution >= 0.6 is 23.2 Å². The van der Waals surface area contributed by atoms with Gasteiger partial charge in [0.15, 0.2) is 0 Å². The lowest BCUT2D eigenvalue weighted by Crippen LogP contribution is -2.45. The highest BCUT2D eigenvalue weighted by Gasteiger charge is 2.24. The highest BCUT2D eigenvalue weighted by molar-refractivity contribution is 6.35. The van der Waals surface area contributed by atoms with Gasteiger partial charge in [0.1, 0.15) is 11.5 Å². The van der Waals surface area contributed by atoms with E-state index in [-0.39, 0.29) is 0 Å². The molecule has 140 valence electrons. The lowest BCUT2D eigenvalue weighted by Gasteiger charge is -2.31. The van der Waals surface area contributed by atoms with Gasteiger partial charge in [-0.05, 0) is 49.2 Å². The standard InChI is InChI=1S/C20H24Cl2N2O2/c1-20(25,8-11-24-12-9-23-10-13-24)15-2-5-17(6-3-15)26-19-7-4-16(21)14-18(19)22/h2-7,14,23,25H,8-13H2,1H3. The third-order valence-corrected chi connectivity index (χ3v) is 5.25. The Balaban J connectivity index is 1.62. The second-order valence-electron chi connectivity index (χ2n) is 6.82. The fourth-order valence-electron chi connectivity index (χ4n) is 3.02. The lowest BCUT2D eigenvalue weighted by atomic mass is 9.92. The highest BCUT2D eigenvalue weighted by Crippen LogP contribution is 2.33. The highest BCUT2D eigenvalue weighted by atomic mass is 35.5. The summed E-state index contributed by atoms with van der Waals surface area (Å²) in [5.74, 6) is 1.21. The SMILES string of the molecule is CC(O)(CCN1CCNCC1)c1ccc(Oc2ccc(Cl)cc2Cl)cc1. The molecule has 1 aliphatic heterocycles. The maximum atomic E-state index is 10.9. The Kier molecular flexibility index (Phi) is 6.43. The van der Waals surface area contributed by atoms with Gasteiger partial charge in [0.25, 0.3) is 0 Å². The van der Waals surface area contributed by atoms with E-state index in [1.165, 1.54) is 0 Å². The van der Waals surface area contributed by atoms with Crippen molar-refractivity contribution in [2.45, 2.75) is 18.9 Å². The number of aliphatic hydroxyl groups is 1. The molecule has 3 rings (SSSR count). The van der Waals surface area contributed by atoms with Crippen molar-refractivity contribution in [1.29, 1.82) is 0 Å². The van der Waals surface area contributed by atoms with Crippen LogP contribution in [0.15, 0.2) is 42.5 Å². The van der Waals surface area contributed by atoms with Gasteiger partial charge in [-0.1, -0.05) is 35.3 Å². The van der Waals surface area contributed by atoms with Gasteiger partial charge in [-0.3, -0.25) is 0 Å².